The van der Waals surface area contributed by atoms with E-state index in [1.165, 1.54) is 72.8 Å². The van der Waals surface area contributed by atoms with Gasteiger partial charge in [-0.05, 0) is 97.8 Å². The summed E-state index contributed by atoms with van der Waals surface area (Å²) in [5.41, 5.74) is -0.336. The van der Waals surface area contributed by atoms with Gasteiger partial charge in [0.25, 0.3) is 11.8 Å². The fourth-order valence-electron chi connectivity index (χ4n) is 5.09. The number of unbranched alkanes of at least 4 members (excludes halogenated alkanes) is 5. The van der Waals surface area contributed by atoms with Crippen molar-refractivity contribution in [3.8, 4) is 0 Å². The molecule has 8 nitrogen and oxygen atoms in total. The summed E-state index contributed by atoms with van der Waals surface area (Å²) in [6.45, 7) is 0. The van der Waals surface area contributed by atoms with Crippen LogP contribution >= 0.6 is 0 Å². The Hall–Kier alpha value is -5.66. The van der Waals surface area contributed by atoms with Crippen LogP contribution in [0.15, 0.2) is 97.1 Å². The summed E-state index contributed by atoms with van der Waals surface area (Å²) in [6.07, 6.45) is -3.72. The van der Waals surface area contributed by atoms with Crippen LogP contribution in [0, 0.1) is 0 Å². The maximum Gasteiger partial charge on any atom is 0.416 e. The van der Waals surface area contributed by atoms with Crippen molar-refractivity contribution in [3.05, 3.63) is 119 Å². The number of anilines is 4. The molecular formula is C38H36F6N4O4. The van der Waals surface area contributed by atoms with Gasteiger partial charge in [-0.3, -0.25) is 19.2 Å². The standard InChI is InChI=1S/C38H36F6N4O4/c39-37(40,41)27-9-7-11-31(23-27)47-35(51)25-15-19-29(20-16-25)45-33(49)13-5-3-1-2-4-6-14-34(50)46-30-21-17-26(18-22-30)36(52)48-32-12-8-10-28(24-32)38(42,43)44/h7-12,15-24H,1-6,13-14H2,(H,45,49)(H,46,50)(H,47,51)(H,48,52). The van der Waals surface area contributed by atoms with E-state index in [0.29, 0.717) is 37.1 Å². The van der Waals surface area contributed by atoms with Crippen molar-refractivity contribution in [2.75, 3.05) is 21.3 Å². The average molecular weight is 727 g/mol. The molecule has 0 bridgehead atoms. The van der Waals surface area contributed by atoms with Crippen LogP contribution in [-0.2, 0) is 21.9 Å². The predicted octanol–water partition coefficient (Wildman–Crippen LogP) is 9.93. The lowest BCUT2D eigenvalue weighted by atomic mass is 10.1. The Labute approximate surface area is 296 Å². The lowest BCUT2D eigenvalue weighted by molar-refractivity contribution is -0.138. The molecule has 4 aromatic carbocycles. The van der Waals surface area contributed by atoms with Gasteiger partial charge in [-0.25, -0.2) is 0 Å². The molecule has 0 heterocycles. The highest BCUT2D eigenvalue weighted by molar-refractivity contribution is 6.05. The van der Waals surface area contributed by atoms with Gasteiger partial charge < -0.3 is 21.3 Å². The highest BCUT2D eigenvalue weighted by Crippen LogP contribution is 2.32. The van der Waals surface area contributed by atoms with E-state index in [-0.39, 0.29) is 34.3 Å². The number of carbonyl (C=O) groups is 4. The number of benzene rings is 4. The molecule has 0 unspecified atom stereocenters. The van der Waals surface area contributed by atoms with Crippen molar-refractivity contribution in [1.82, 2.24) is 0 Å². The highest BCUT2D eigenvalue weighted by atomic mass is 19.4. The maximum atomic E-state index is 12.9. The minimum absolute atomic E-state index is 0.0108. The Morgan fingerprint density at radius 3 is 1.12 bits per heavy atom. The van der Waals surface area contributed by atoms with E-state index in [0.717, 1.165) is 49.9 Å². The van der Waals surface area contributed by atoms with Gasteiger partial charge in [0.1, 0.15) is 0 Å². The van der Waals surface area contributed by atoms with Gasteiger partial charge >= 0.3 is 12.4 Å². The molecule has 4 N–H and O–H groups in total. The Morgan fingerprint density at radius 2 is 0.769 bits per heavy atom. The van der Waals surface area contributed by atoms with Crippen molar-refractivity contribution >= 4 is 46.4 Å². The zero-order valence-electron chi connectivity index (χ0n) is 27.8. The van der Waals surface area contributed by atoms with E-state index in [1.807, 2.05) is 0 Å². The third-order valence-electron chi connectivity index (χ3n) is 7.81. The van der Waals surface area contributed by atoms with Crippen molar-refractivity contribution in [2.24, 2.45) is 0 Å². The van der Waals surface area contributed by atoms with Crippen molar-refractivity contribution in [3.63, 3.8) is 0 Å². The van der Waals surface area contributed by atoms with Crippen molar-refractivity contribution in [1.29, 1.82) is 0 Å². The number of alkyl halides is 6. The Kier molecular flexibility index (Phi) is 13.6. The molecule has 0 aliphatic carbocycles. The Morgan fingerprint density at radius 1 is 0.423 bits per heavy atom. The molecule has 52 heavy (non-hydrogen) atoms. The number of rotatable bonds is 15. The quantitative estimate of drug-likeness (QED) is 0.0721. The molecule has 0 aliphatic rings. The molecule has 0 radical (unpaired) electrons. The van der Waals surface area contributed by atoms with E-state index < -0.39 is 35.3 Å². The number of amides is 4. The van der Waals surface area contributed by atoms with Crippen LogP contribution in [0.3, 0.4) is 0 Å². The number of nitrogens with one attached hydrogen (secondary N) is 4. The SMILES string of the molecule is O=C(CCCCCCCCC(=O)Nc1ccc(C(=O)Nc2cccc(C(F)(F)F)c2)cc1)Nc1ccc(C(=O)Nc2cccc(C(F)(F)F)c2)cc1. The fraction of sp³-hybridized carbons (Fsp3) is 0.263. The van der Waals surface area contributed by atoms with Crippen LogP contribution in [0.4, 0.5) is 49.1 Å². The van der Waals surface area contributed by atoms with Crippen LogP contribution in [-0.4, -0.2) is 23.6 Å². The molecule has 0 spiro atoms. The molecule has 4 aromatic rings. The second kappa shape index (κ2) is 18.0. The summed E-state index contributed by atoms with van der Waals surface area (Å²) in [6, 6.07) is 20.7. The van der Waals surface area contributed by atoms with Gasteiger partial charge in [-0.15, -0.1) is 0 Å². The maximum absolute atomic E-state index is 12.9. The molecule has 0 aromatic heterocycles. The molecule has 0 aliphatic heterocycles. The van der Waals surface area contributed by atoms with Crippen molar-refractivity contribution in [2.45, 2.75) is 63.7 Å². The third kappa shape index (κ3) is 12.6. The lowest BCUT2D eigenvalue weighted by Gasteiger charge is -2.10. The molecule has 4 rings (SSSR count). The summed E-state index contributed by atoms with van der Waals surface area (Å²) >= 11 is 0. The highest BCUT2D eigenvalue weighted by Gasteiger charge is 2.31. The zero-order valence-corrected chi connectivity index (χ0v) is 27.8. The van der Waals surface area contributed by atoms with Crippen molar-refractivity contribution < 1.29 is 45.5 Å². The minimum atomic E-state index is -4.53. The first-order chi connectivity index (χ1) is 24.7. The smallest absolute Gasteiger partial charge is 0.326 e. The summed E-state index contributed by atoms with van der Waals surface area (Å²) in [5.74, 6) is -1.56. The first-order valence-electron chi connectivity index (χ1n) is 16.4. The minimum Gasteiger partial charge on any atom is -0.326 e. The van der Waals surface area contributed by atoms with Gasteiger partial charge in [0.05, 0.1) is 11.1 Å². The monoisotopic (exact) mass is 726 g/mol. The van der Waals surface area contributed by atoms with Gasteiger partial charge in [0.2, 0.25) is 11.8 Å². The largest absolute Gasteiger partial charge is 0.416 e. The van der Waals surface area contributed by atoms with E-state index >= 15 is 0 Å². The van der Waals surface area contributed by atoms with Gasteiger partial charge in [-0.1, -0.05) is 37.8 Å². The summed E-state index contributed by atoms with van der Waals surface area (Å²) in [5, 5.41) is 10.4. The number of carbonyl (C=O) groups excluding carboxylic acids is 4. The van der Waals surface area contributed by atoms with E-state index in [4.69, 9.17) is 0 Å². The Balaban J connectivity index is 1.06. The summed E-state index contributed by atoms with van der Waals surface area (Å²) in [7, 11) is 0. The zero-order chi connectivity index (χ0) is 37.7. The van der Waals surface area contributed by atoms with Crippen LogP contribution in [0.2, 0.25) is 0 Å². The van der Waals surface area contributed by atoms with E-state index in [2.05, 4.69) is 21.3 Å². The first kappa shape index (κ1) is 39.1. The lowest BCUT2D eigenvalue weighted by Crippen LogP contribution is -2.14. The van der Waals surface area contributed by atoms with Crippen LogP contribution in [0.25, 0.3) is 0 Å². The van der Waals surface area contributed by atoms with Crippen LogP contribution in [0.1, 0.15) is 83.2 Å². The first-order valence-corrected chi connectivity index (χ1v) is 16.4. The second-order valence-electron chi connectivity index (χ2n) is 11.9. The van der Waals surface area contributed by atoms with Crippen LogP contribution < -0.4 is 21.3 Å². The second-order valence-corrected chi connectivity index (χ2v) is 11.9. The molecular weight excluding hydrogens is 690 g/mol. The van der Waals surface area contributed by atoms with E-state index in [9.17, 15) is 45.5 Å². The number of halogens is 6. The average Bonchev–Trinajstić information content (AvgIpc) is 3.09. The number of hydrogen-bond acceptors (Lipinski definition) is 4. The normalized spacial score (nSPS) is 11.4. The van der Waals surface area contributed by atoms with E-state index in [1.54, 1.807) is 0 Å². The summed E-state index contributed by atoms with van der Waals surface area (Å²) in [4.78, 5) is 49.6. The third-order valence-corrected chi connectivity index (χ3v) is 7.81. The fourth-order valence-corrected chi connectivity index (χ4v) is 5.09. The van der Waals surface area contributed by atoms with Gasteiger partial charge in [0, 0.05) is 46.7 Å². The molecule has 0 fully saturated rings. The summed E-state index contributed by atoms with van der Waals surface area (Å²) < 4.78 is 77.5. The number of hydrogen-bond donors (Lipinski definition) is 4. The van der Waals surface area contributed by atoms with Crippen LogP contribution in [0.5, 0.6) is 0 Å². The van der Waals surface area contributed by atoms with Gasteiger partial charge in [0.15, 0.2) is 0 Å². The molecule has 14 heteroatoms. The topological polar surface area (TPSA) is 116 Å². The van der Waals surface area contributed by atoms with Gasteiger partial charge in [-0.2, -0.15) is 26.3 Å². The molecule has 0 atom stereocenters. The molecule has 0 saturated heterocycles. The predicted molar refractivity (Wildman–Crippen MR) is 186 cm³/mol. The Bertz CT molecular complexity index is 1710. The molecule has 0 saturated carbocycles. The molecule has 274 valence electrons. The molecule has 4 amide bonds.